The zero-order valence-electron chi connectivity index (χ0n) is 9.35. The largest absolute Gasteiger partial charge is 0.673 e. The maximum absolute atomic E-state index is 9.75. The fourth-order valence-electron chi connectivity index (χ4n) is 0.991. The van der Waals surface area contributed by atoms with Gasteiger partial charge in [0.25, 0.3) is 0 Å². The van der Waals surface area contributed by atoms with Crippen LogP contribution in [0.5, 0.6) is 0 Å². The van der Waals surface area contributed by atoms with Crippen LogP contribution >= 0.6 is 0 Å². The molecule has 0 aliphatic carbocycles. The molecule has 1 rings (SSSR count). The van der Waals surface area contributed by atoms with Crippen molar-refractivity contribution in [2.24, 2.45) is 0 Å². The number of aryl methyl sites for hydroxylation is 1. The predicted molar refractivity (Wildman–Crippen MR) is 58.5 cm³/mol. The van der Waals surface area contributed by atoms with Gasteiger partial charge in [-0.05, 0) is 38.0 Å². The Balaban J connectivity index is 0.000000385. The molecule has 6 heteroatoms. The van der Waals surface area contributed by atoms with Crippen molar-refractivity contribution in [2.45, 2.75) is 20.8 Å². The SMILES string of the molecule is CC(C)=Cc1cncc(C)c1.F[B-](F)(F)F. The monoisotopic (exact) mass is 234 g/mol. The van der Waals surface area contributed by atoms with Crippen molar-refractivity contribution in [3.8, 4) is 0 Å². The van der Waals surface area contributed by atoms with Crippen molar-refractivity contribution in [2.75, 3.05) is 0 Å². The van der Waals surface area contributed by atoms with Gasteiger partial charge >= 0.3 is 7.25 Å². The third-order valence-electron chi connectivity index (χ3n) is 1.35. The Morgan fingerprint density at radius 2 is 1.69 bits per heavy atom. The van der Waals surface area contributed by atoms with Crippen LogP contribution in [0.25, 0.3) is 6.08 Å². The van der Waals surface area contributed by atoms with Gasteiger partial charge in [0.2, 0.25) is 0 Å². The van der Waals surface area contributed by atoms with Crippen LogP contribution < -0.4 is 0 Å². The first-order chi connectivity index (χ1) is 7.18. The maximum atomic E-state index is 9.75. The van der Waals surface area contributed by atoms with E-state index >= 15 is 0 Å². The number of allylic oxidation sites excluding steroid dienone is 1. The minimum absolute atomic E-state index is 1.19. The zero-order chi connectivity index (χ0) is 12.8. The smallest absolute Gasteiger partial charge is 0.418 e. The molecule has 0 bridgehead atoms. The molecule has 90 valence electrons. The van der Waals surface area contributed by atoms with Crippen molar-refractivity contribution >= 4 is 13.3 Å². The van der Waals surface area contributed by atoms with E-state index in [0.29, 0.717) is 0 Å². The zero-order valence-corrected chi connectivity index (χ0v) is 9.35. The van der Waals surface area contributed by atoms with Crippen LogP contribution in [0.4, 0.5) is 17.3 Å². The molecule has 0 aliphatic heterocycles. The Kier molecular flexibility index (Phi) is 5.78. The summed E-state index contributed by atoms with van der Waals surface area (Å²) >= 11 is 0. The summed E-state index contributed by atoms with van der Waals surface area (Å²) in [4.78, 5) is 4.09. The summed E-state index contributed by atoms with van der Waals surface area (Å²) in [5.74, 6) is 0. The number of halogens is 4. The minimum Gasteiger partial charge on any atom is -0.418 e. The molecule has 1 heterocycles. The third kappa shape index (κ3) is 10.8. The van der Waals surface area contributed by atoms with Gasteiger partial charge in [-0.25, -0.2) is 0 Å². The topological polar surface area (TPSA) is 12.9 Å². The van der Waals surface area contributed by atoms with Gasteiger partial charge in [-0.1, -0.05) is 11.6 Å². The number of hydrogen-bond donors (Lipinski definition) is 0. The summed E-state index contributed by atoms with van der Waals surface area (Å²) in [5, 5.41) is 0. The number of hydrogen-bond acceptors (Lipinski definition) is 1. The summed E-state index contributed by atoms with van der Waals surface area (Å²) in [6.45, 7) is 6.22. The van der Waals surface area contributed by atoms with E-state index in [1.165, 1.54) is 16.7 Å². The molecule has 1 nitrogen and oxygen atoms in total. The van der Waals surface area contributed by atoms with E-state index in [4.69, 9.17) is 0 Å². The van der Waals surface area contributed by atoms with Gasteiger partial charge in [0.05, 0.1) is 0 Å². The number of rotatable bonds is 1. The molecule has 0 radical (unpaired) electrons. The Morgan fingerprint density at radius 1 is 1.19 bits per heavy atom. The van der Waals surface area contributed by atoms with Crippen LogP contribution in [-0.2, 0) is 0 Å². The molecule has 0 unspecified atom stereocenters. The first-order valence-corrected chi connectivity index (χ1v) is 4.62. The van der Waals surface area contributed by atoms with Gasteiger partial charge in [-0.3, -0.25) is 4.98 Å². The van der Waals surface area contributed by atoms with E-state index in [1.54, 1.807) is 0 Å². The molecule has 0 fully saturated rings. The fourth-order valence-corrected chi connectivity index (χ4v) is 0.991. The highest BCUT2D eigenvalue weighted by molar-refractivity contribution is 6.50. The molecule has 0 aliphatic rings. The summed E-state index contributed by atoms with van der Waals surface area (Å²) in [6.07, 6.45) is 5.86. The van der Waals surface area contributed by atoms with E-state index < -0.39 is 7.25 Å². The summed E-state index contributed by atoms with van der Waals surface area (Å²) in [5.41, 5.74) is 3.70. The number of pyridine rings is 1. The lowest BCUT2D eigenvalue weighted by Gasteiger charge is -1.95. The molecule has 0 saturated heterocycles. The molecular formula is C10H13BF4N-. The van der Waals surface area contributed by atoms with Gasteiger partial charge in [0, 0.05) is 12.4 Å². The minimum atomic E-state index is -6.00. The van der Waals surface area contributed by atoms with Crippen molar-refractivity contribution in [3.63, 3.8) is 0 Å². The van der Waals surface area contributed by atoms with Gasteiger partial charge in [-0.15, -0.1) is 0 Å². The summed E-state index contributed by atoms with van der Waals surface area (Å²) < 4.78 is 39.0. The van der Waals surface area contributed by atoms with Crippen LogP contribution in [-0.4, -0.2) is 12.2 Å². The highest BCUT2D eigenvalue weighted by Gasteiger charge is 2.20. The van der Waals surface area contributed by atoms with Crippen LogP contribution in [0.3, 0.4) is 0 Å². The molecule has 1 aromatic heterocycles. The standard InChI is InChI=1S/C10H13N.BF4/c1-8(2)4-10-5-9(3)6-11-7-10;2-1(3,4)5/h4-7H,1-3H3;/q;-1. The second kappa shape index (κ2) is 6.30. The first kappa shape index (κ1) is 14.7. The van der Waals surface area contributed by atoms with Crippen molar-refractivity contribution < 1.29 is 17.3 Å². The quantitative estimate of drug-likeness (QED) is 0.526. The van der Waals surface area contributed by atoms with Crippen molar-refractivity contribution in [1.82, 2.24) is 4.98 Å². The molecular weight excluding hydrogens is 221 g/mol. The Bertz CT molecular complexity index is 350. The molecule has 1 aromatic rings. The normalized spacial score (nSPS) is 10.2. The van der Waals surface area contributed by atoms with Crippen molar-refractivity contribution in [1.29, 1.82) is 0 Å². The molecule has 0 aromatic carbocycles. The average Bonchev–Trinajstić information content (AvgIpc) is 1.98. The van der Waals surface area contributed by atoms with Gasteiger partial charge in [0.1, 0.15) is 0 Å². The Hall–Kier alpha value is -1.33. The molecule has 16 heavy (non-hydrogen) atoms. The lowest BCUT2D eigenvalue weighted by Crippen LogP contribution is -2.02. The van der Waals surface area contributed by atoms with Crippen LogP contribution in [0.2, 0.25) is 0 Å². The Labute approximate surface area is 92.3 Å². The Morgan fingerprint density at radius 3 is 2.06 bits per heavy atom. The maximum Gasteiger partial charge on any atom is 0.673 e. The first-order valence-electron chi connectivity index (χ1n) is 4.62. The lowest BCUT2D eigenvalue weighted by molar-refractivity contribution is 0.368. The number of aromatic nitrogens is 1. The lowest BCUT2D eigenvalue weighted by atomic mass is 10.2. The van der Waals surface area contributed by atoms with E-state index in [9.17, 15) is 17.3 Å². The molecule has 0 amide bonds. The molecule has 0 N–H and O–H groups in total. The molecule has 0 atom stereocenters. The average molecular weight is 234 g/mol. The van der Waals surface area contributed by atoms with E-state index in [0.717, 1.165) is 0 Å². The van der Waals surface area contributed by atoms with Gasteiger partial charge < -0.3 is 17.3 Å². The number of nitrogens with zero attached hydrogens (tertiary/aromatic N) is 1. The van der Waals surface area contributed by atoms with Gasteiger partial charge in [0.15, 0.2) is 0 Å². The second-order valence-electron chi connectivity index (χ2n) is 3.51. The predicted octanol–water partition coefficient (Wildman–Crippen LogP) is 4.11. The molecule has 0 spiro atoms. The fraction of sp³-hybridized carbons (Fsp3) is 0.300. The van der Waals surface area contributed by atoms with Gasteiger partial charge in [-0.2, -0.15) is 0 Å². The van der Waals surface area contributed by atoms with E-state index in [2.05, 4.69) is 37.9 Å². The van der Waals surface area contributed by atoms with Crippen LogP contribution in [0, 0.1) is 6.92 Å². The second-order valence-corrected chi connectivity index (χ2v) is 3.51. The van der Waals surface area contributed by atoms with E-state index in [1.807, 2.05) is 12.4 Å². The van der Waals surface area contributed by atoms with Crippen LogP contribution in [0.1, 0.15) is 25.0 Å². The third-order valence-corrected chi connectivity index (χ3v) is 1.35. The summed E-state index contributed by atoms with van der Waals surface area (Å²) in [6, 6.07) is 2.12. The van der Waals surface area contributed by atoms with E-state index in [-0.39, 0.29) is 0 Å². The highest BCUT2D eigenvalue weighted by atomic mass is 19.5. The van der Waals surface area contributed by atoms with Crippen LogP contribution in [0.15, 0.2) is 24.0 Å². The summed E-state index contributed by atoms with van der Waals surface area (Å²) in [7, 11) is -6.00. The highest BCUT2D eigenvalue weighted by Crippen LogP contribution is 2.07. The van der Waals surface area contributed by atoms with Crippen molar-refractivity contribution in [3.05, 3.63) is 35.2 Å². The molecule has 0 saturated carbocycles.